The third-order valence-corrected chi connectivity index (χ3v) is 6.05. The molecule has 0 radical (unpaired) electrons. The van der Waals surface area contributed by atoms with Crippen molar-refractivity contribution in [3.05, 3.63) is 110 Å². The zero-order valence-corrected chi connectivity index (χ0v) is 18.7. The summed E-state index contributed by atoms with van der Waals surface area (Å²) in [5.41, 5.74) is 1.88. The molecular formula is C24H17ClN2O5S. The molecule has 1 aliphatic heterocycles. The maximum Gasteiger partial charge on any atom is 0.293 e. The highest BCUT2D eigenvalue weighted by Crippen LogP contribution is 2.34. The Bertz CT molecular complexity index is 1240. The summed E-state index contributed by atoms with van der Waals surface area (Å²) in [4.78, 5) is 37.1. The third-order valence-electron chi connectivity index (χ3n) is 4.89. The van der Waals surface area contributed by atoms with E-state index in [1.54, 1.807) is 48.5 Å². The lowest BCUT2D eigenvalue weighted by molar-refractivity contribution is -0.385. The van der Waals surface area contributed by atoms with Crippen molar-refractivity contribution in [2.45, 2.75) is 13.2 Å². The molecule has 3 aromatic rings. The first-order valence-corrected chi connectivity index (χ1v) is 11.0. The van der Waals surface area contributed by atoms with Crippen LogP contribution in [0, 0.1) is 10.1 Å². The van der Waals surface area contributed by atoms with Gasteiger partial charge in [-0.05, 0) is 53.2 Å². The standard InChI is InChI=1S/C24H17ClN2O5S/c25-19-9-5-17(6-10-19)15-32-20-11-7-16(8-12-20)13-22-23(28)26(24(29)33-22)14-18-3-1-2-4-21(18)27(30)31/h1-13H,14-15H2/b22-13-. The maximum absolute atomic E-state index is 12.8. The van der Waals surface area contributed by atoms with Crippen molar-refractivity contribution in [1.82, 2.24) is 4.90 Å². The van der Waals surface area contributed by atoms with Gasteiger partial charge in [0.25, 0.3) is 16.8 Å². The van der Waals surface area contributed by atoms with Gasteiger partial charge in [-0.15, -0.1) is 0 Å². The summed E-state index contributed by atoms with van der Waals surface area (Å²) >= 11 is 6.69. The predicted molar refractivity (Wildman–Crippen MR) is 127 cm³/mol. The Kier molecular flexibility index (Phi) is 6.76. The molecule has 166 valence electrons. The summed E-state index contributed by atoms with van der Waals surface area (Å²) in [7, 11) is 0. The van der Waals surface area contributed by atoms with Crippen molar-refractivity contribution in [2.75, 3.05) is 0 Å². The van der Waals surface area contributed by atoms with Crippen LogP contribution in [0.15, 0.2) is 77.7 Å². The molecule has 1 heterocycles. The number of imide groups is 1. The fourth-order valence-corrected chi connectivity index (χ4v) is 4.15. The van der Waals surface area contributed by atoms with Gasteiger partial charge in [-0.2, -0.15) is 0 Å². The van der Waals surface area contributed by atoms with E-state index < -0.39 is 16.1 Å². The Labute approximate surface area is 198 Å². The molecule has 1 fully saturated rings. The second-order valence-electron chi connectivity index (χ2n) is 7.14. The van der Waals surface area contributed by atoms with Crippen LogP contribution < -0.4 is 4.74 Å². The minimum atomic E-state index is -0.527. The first-order valence-electron chi connectivity index (χ1n) is 9.86. The average molecular weight is 481 g/mol. The van der Waals surface area contributed by atoms with E-state index in [2.05, 4.69) is 0 Å². The molecule has 2 amide bonds. The van der Waals surface area contributed by atoms with Crippen molar-refractivity contribution >= 4 is 46.3 Å². The van der Waals surface area contributed by atoms with E-state index in [0.717, 1.165) is 27.8 Å². The van der Waals surface area contributed by atoms with Gasteiger partial charge in [-0.1, -0.05) is 54.1 Å². The number of nitro groups is 1. The SMILES string of the molecule is O=C1S/C(=C\c2ccc(OCc3ccc(Cl)cc3)cc2)C(=O)N1Cc1ccccc1[N+](=O)[O-]. The van der Waals surface area contributed by atoms with Gasteiger partial charge in [-0.3, -0.25) is 24.6 Å². The number of nitrogens with zero attached hydrogens (tertiary/aromatic N) is 2. The maximum atomic E-state index is 12.8. The van der Waals surface area contributed by atoms with Crippen molar-refractivity contribution < 1.29 is 19.2 Å². The Morgan fingerprint density at radius 2 is 1.70 bits per heavy atom. The lowest BCUT2D eigenvalue weighted by atomic mass is 10.1. The van der Waals surface area contributed by atoms with Gasteiger partial charge < -0.3 is 4.74 Å². The van der Waals surface area contributed by atoms with Gasteiger partial charge in [0.05, 0.1) is 16.4 Å². The van der Waals surface area contributed by atoms with Crippen molar-refractivity contribution in [3.63, 3.8) is 0 Å². The number of carbonyl (C=O) groups excluding carboxylic acids is 2. The Hall–Kier alpha value is -3.62. The van der Waals surface area contributed by atoms with Gasteiger partial charge in [0.15, 0.2) is 0 Å². The van der Waals surface area contributed by atoms with E-state index in [9.17, 15) is 19.7 Å². The number of benzene rings is 3. The molecule has 0 aromatic heterocycles. The summed E-state index contributed by atoms with van der Waals surface area (Å²) in [6.07, 6.45) is 1.62. The van der Waals surface area contributed by atoms with Crippen molar-refractivity contribution in [3.8, 4) is 5.75 Å². The molecule has 9 heteroatoms. The largest absolute Gasteiger partial charge is 0.489 e. The van der Waals surface area contributed by atoms with Crippen LogP contribution in [0.5, 0.6) is 5.75 Å². The highest BCUT2D eigenvalue weighted by molar-refractivity contribution is 8.18. The number of hydrogen-bond acceptors (Lipinski definition) is 6. The van der Waals surface area contributed by atoms with Crippen LogP contribution in [0.25, 0.3) is 6.08 Å². The van der Waals surface area contributed by atoms with Crippen LogP contribution in [0.1, 0.15) is 16.7 Å². The fourth-order valence-electron chi connectivity index (χ4n) is 3.19. The smallest absolute Gasteiger partial charge is 0.293 e. The number of nitro benzene ring substituents is 1. The van der Waals surface area contributed by atoms with E-state index in [4.69, 9.17) is 16.3 Å². The van der Waals surface area contributed by atoms with Crippen LogP contribution in [0.2, 0.25) is 5.02 Å². The second-order valence-corrected chi connectivity index (χ2v) is 8.57. The molecule has 0 N–H and O–H groups in total. The van der Waals surface area contributed by atoms with Crippen LogP contribution in [-0.4, -0.2) is 21.0 Å². The van der Waals surface area contributed by atoms with Crippen LogP contribution in [-0.2, 0) is 17.9 Å². The number of para-hydroxylation sites is 1. The van der Waals surface area contributed by atoms with Gasteiger partial charge in [0, 0.05) is 16.7 Å². The lowest BCUT2D eigenvalue weighted by Gasteiger charge is -2.12. The summed E-state index contributed by atoms with van der Waals surface area (Å²) in [5, 5.41) is 11.4. The molecule has 0 bridgehead atoms. The quantitative estimate of drug-likeness (QED) is 0.232. The molecule has 3 aromatic carbocycles. The van der Waals surface area contributed by atoms with Crippen LogP contribution in [0.3, 0.4) is 0 Å². The molecule has 0 unspecified atom stereocenters. The summed E-state index contributed by atoms with van der Waals surface area (Å²) < 4.78 is 5.76. The molecule has 0 spiro atoms. The average Bonchev–Trinajstić information content (AvgIpc) is 3.07. The number of hydrogen-bond donors (Lipinski definition) is 0. The van der Waals surface area contributed by atoms with Crippen molar-refractivity contribution in [1.29, 1.82) is 0 Å². The highest BCUT2D eigenvalue weighted by atomic mass is 35.5. The zero-order chi connectivity index (χ0) is 23.4. The van der Waals surface area contributed by atoms with E-state index in [1.165, 1.54) is 18.2 Å². The van der Waals surface area contributed by atoms with E-state index >= 15 is 0 Å². The molecule has 33 heavy (non-hydrogen) atoms. The molecular weight excluding hydrogens is 464 g/mol. The minimum absolute atomic E-state index is 0.130. The number of ether oxygens (including phenoxy) is 1. The zero-order valence-electron chi connectivity index (χ0n) is 17.1. The van der Waals surface area contributed by atoms with Gasteiger partial charge in [0.1, 0.15) is 12.4 Å². The summed E-state index contributed by atoms with van der Waals surface area (Å²) in [6.45, 7) is 0.234. The minimum Gasteiger partial charge on any atom is -0.489 e. The lowest BCUT2D eigenvalue weighted by Crippen LogP contribution is -2.27. The van der Waals surface area contributed by atoms with E-state index in [1.807, 2.05) is 12.1 Å². The van der Waals surface area contributed by atoms with E-state index in [0.29, 0.717) is 22.9 Å². The molecule has 1 aliphatic rings. The topological polar surface area (TPSA) is 89.8 Å². The fraction of sp³-hybridized carbons (Fsp3) is 0.0833. The number of rotatable bonds is 7. The van der Waals surface area contributed by atoms with Gasteiger partial charge >= 0.3 is 0 Å². The van der Waals surface area contributed by atoms with Gasteiger partial charge in [0.2, 0.25) is 0 Å². The Morgan fingerprint density at radius 1 is 1.00 bits per heavy atom. The van der Waals surface area contributed by atoms with Gasteiger partial charge in [-0.25, -0.2) is 0 Å². The molecule has 0 saturated carbocycles. The molecule has 7 nitrogen and oxygen atoms in total. The number of halogens is 1. The Morgan fingerprint density at radius 3 is 2.39 bits per heavy atom. The summed E-state index contributed by atoms with van der Waals surface area (Å²) in [5.74, 6) is 0.179. The monoisotopic (exact) mass is 480 g/mol. The highest BCUT2D eigenvalue weighted by Gasteiger charge is 2.36. The third kappa shape index (κ3) is 5.42. The van der Waals surface area contributed by atoms with Crippen LogP contribution >= 0.6 is 23.4 Å². The number of amides is 2. The molecule has 1 saturated heterocycles. The molecule has 0 aliphatic carbocycles. The molecule has 4 rings (SSSR count). The predicted octanol–water partition coefficient (Wildman–Crippen LogP) is 6.06. The number of thioether (sulfide) groups is 1. The van der Waals surface area contributed by atoms with Crippen molar-refractivity contribution in [2.24, 2.45) is 0 Å². The second kappa shape index (κ2) is 9.89. The summed E-state index contributed by atoms with van der Waals surface area (Å²) in [6, 6.07) is 20.5. The molecule has 0 atom stereocenters. The first-order chi connectivity index (χ1) is 15.9. The normalized spacial score (nSPS) is 14.7. The Balaban J connectivity index is 1.43. The first kappa shape index (κ1) is 22.6. The number of carbonyl (C=O) groups is 2. The van der Waals surface area contributed by atoms with E-state index in [-0.39, 0.29) is 17.1 Å². The van der Waals surface area contributed by atoms with Crippen LogP contribution in [0.4, 0.5) is 10.5 Å².